The van der Waals surface area contributed by atoms with Crippen molar-refractivity contribution in [3.63, 3.8) is 0 Å². The van der Waals surface area contributed by atoms with Crippen LogP contribution in [0.15, 0.2) is 176 Å². The molecule has 7 heteroatoms. The molecule has 13 rings (SSSR count). The molecule has 7 nitrogen and oxygen atoms in total. The van der Waals surface area contributed by atoms with E-state index in [4.69, 9.17) is 15.0 Å². The predicted molar refractivity (Wildman–Crippen MR) is 233 cm³/mol. The van der Waals surface area contributed by atoms with Gasteiger partial charge in [0, 0.05) is 72.1 Å². The zero-order valence-corrected chi connectivity index (χ0v) is 30.1. The first-order valence-electron chi connectivity index (χ1n) is 20.8. The normalized spacial score (nSPS) is 13.2. The van der Waals surface area contributed by atoms with Crippen LogP contribution in [0.2, 0.25) is 0 Å². The molecule has 0 saturated heterocycles. The lowest BCUT2D eigenvalue weighted by atomic mass is 10.0. The number of benzene rings is 7. The minimum absolute atomic E-state index is 0.0344. The van der Waals surface area contributed by atoms with Crippen LogP contribution in [-0.2, 0) is 0 Å². The first-order chi connectivity index (χ1) is 30.0. The highest BCUT2D eigenvalue weighted by Crippen LogP contribution is 2.39. The Hall–Kier alpha value is -7.90. The van der Waals surface area contributed by atoms with Gasteiger partial charge >= 0.3 is 0 Å². The average molecular weight is 732 g/mol. The van der Waals surface area contributed by atoms with Crippen LogP contribution in [0.1, 0.15) is 5.48 Å². The quantitative estimate of drug-likeness (QED) is 0.178. The molecular weight excluding hydrogens is 699 g/mol. The van der Waals surface area contributed by atoms with E-state index >= 15 is 0 Å². The van der Waals surface area contributed by atoms with Crippen molar-refractivity contribution in [2.24, 2.45) is 0 Å². The maximum atomic E-state index is 10.0. The minimum Gasteiger partial charge on any atom is -0.309 e. The Morgan fingerprint density at radius 3 is 1.47 bits per heavy atom. The van der Waals surface area contributed by atoms with E-state index < -0.39 is 0 Å². The van der Waals surface area contributed by atoms with Gasteiger partial charge in [-0.05, 0) is 47.8 Å². The first-order valence-corrected chi connectivity index (χ1v) is 18.8. The molecule has 0 atom stereocenters. The Morgan fingerprint density at radius 2 is 0.895 bits per heavy atom. The SMILES string of the molecule is [2H]c1c([2H])c(-c2nc3nc(n2)n2c4ccccc4c4cccc(c5cnccc5c5cccc6c7ccccc7n3c56)c42)c([2H])c(-n2c3ccccc3c3ccccc32)c1[2H]. The molecule has 264 valence electrons. The Labute approximate surface area is 329 Å². The molecule has 13 aromatic rings. The fourth-order valence-corrected chi connectivity index (χ4v) is 9.12. The maximum Gasteiger partial charge on any atom is 0.240 e. The van der Waals surface area contributed by atoms with Gasteiger partial charge in [-0.15, -0.1) is 0 Å². The van der Waals surface area contributed by atoms with Crippen molar-refractivity contribution >= 4 is 98.5 Å². The molecule has 0 aliphatic heterocycles. The molecule has 57 heavy (non-hydrogen) atoms. The number of fused-ring (bicyclic) bond motifs is 16. The lowest BCUT2D eigenvalue weighted by Gasteiger charge is -2.10. The van der Waals surface area contributed by atoms with Gasteiger partial charge in [-0.3, -0.25) is 13.8 Å². The smallest absolute Gasteiger partial charge is 0.240 e. The number of para-hydroxylation sites is 6. The van der Waals surface area contributed by atoms with Crippen molar-refractivity contribution in [2.45, 2.75) is 0 Å². The summed E-state index contributed by atoms with van der Waals surface area (Å²) >= 11 is 0. The van der Waals surface area contributed by atoms with E-state index in [0.29, 0.717) is 5.78 Å². The van der Waals surface area contributed by atoms with E-state index in [1.807, 2.05) is 100 Å². The molecule has 7 aromatic carbocycles. The highest BCUT2D eigenvalue weighted by atomic mass is 15.2. The van der Waals surface area contributed by atoms with Crippen LogP contribution >= 0.6 is 0 Å². The van der Waals surface area contributed by atoms with E-state index in [9.17, 15) is 5.48 Å². The van der Waals surface area contributed by atoms with Gasteiger partial charge in [0.2, 0.25) is 11.6 Å². The number of hydrogen-bond donors (Lipinski definition) is 0. The van der Waals surface area contributed by atoms with Crippen LogP contribution in [-0.4, -0.2) is 33.3 Å². The topological polar surface area (TPSA) is 65.3 Å². The van der Waals surface area contributed by atoms with Gasteiger partial charge in [0.1, 0.15) is 0 Å². The molecule has 6 aromatic heterocycles. The monoisotopic (exact) mass is 731 g/mol. The van der Waals surface area contributed by atoms with Crippen LogP contribution in [0.5, 0.6) is 0 Å². The van der Waals surface area contributed by atoms with E-state index in [1.165, 1.54) is 0 Å². The molecule has 0 spiro atoms. The Kier molecular flexibility index (Phi) is 5.32. The van der Waals surface area contributed by atoms with Crippen molar-refractivity contribution < 1.29 is 5.48 Å². The lowest BCUT2D eigenvalue weighted by Crippen LogP contribution is -2.02. The van der Waals surface area contributed by atoms with Gasteiger partial charge < -0.3 is 4.57 Å². The molecule has 2 bridgehead atoms. The standard InChI is InChI=1S/C50H29N7/c1-5-22-42-33(14-1)34-15-2-6-23-43(34)55(42)31-13-9-12-30(28-31)48-52-49-54-50(53-48)57-45-25-8-4-17-36(45)39-20-11-21-40(47(39)57)41-29-51-27-26-32(41)37-18-10-19-38-35-16-3-7-24-44(35)56(49)46(37)38/h1-29H/i9D,12D,13D,28D. The van der Waals surface area contributed by atoms with E-state index in [0.717, 1.165) is 87.0 Å². The summed E-state index contributed by atoms with van der Waals surface area (Å²) in [5.74, 6) is 0.627. The van der Waals surface area contributed by atoms with E-state index in [1.54, 1.807) is 0 Å². The summed E-state index contributed by atoms with van der Waals surface area (Å²) in [5, 5.41) is 9.74. The molecule has 0 aliphatic carbocycles. The Morgan fingerprint density at radius 1 is 0.421 bits per heavy atom. The van der Waals surface area contributed by atoms with Crippen molar-refractivity contribution in [3.05, 3.63) is 176 Å². The molecule has 0 fully saturated rings. The molecular formula is C50H29N7. The highest BCUT2D eigenvalue weighted by molar-refractivity contribution is 6.24. The maximum absolute atomic E-state index is 10.0. The molecule has 0 amide bonds. The third kappa shape index (κ3) is 4.14. The highest BCUT2D eigenvalue weighted by Gasteiger charge is 2.19. The predicted octanol–water partition coefficient (Wildman–Crippen LogP) is 12.0. The fraction of sp³-hybridized carbons (Fsp3) is 0. The summed E-state index contributed by atoms with van der Waals surface area (Å²) < 4.78 is 44.1. The molecule has 6 heterocycles. The van der Waals surface area contributed by atoms with Crippen LogP contribution in [0.4, 0.5) is 0 Å². The van der Waals surface area contributed by atoms with Crippen molar-refractivity contribution in [3.8, 4) is 17.1 Å². The van der Waals surface area contributed by atoms with Gasteiger partial charge in [-0.2, -0.15) is 15.0 Å². The van der Waals surface area contributed by atoms with Gasteiger partial charge in [-0.1, -0.05) is 121 Å². The van der Waals surface area contributed by atoms with Gasteiger partial charge in [0.05, 0.1) is 38.6 Å². The van der Waals surface area contributed by atoms with Crippen LogP contribution in [0, 0.1) is 0 Å². The van der Waals surface area contributed by atoms with Crippen molar-refractivity contribution in [1.29, 1.82) is 0 Å². The Balaban J connectivity index is 1.31. The number of rotatable bonds is 2. The van der Waals surface area contributed by atoms with E-state index in [-0.39, 0.29) is 47.0 Å². The summed E-state index contributed by atoms with van der Waals surface area (Å²) in [5.41, 5.74) is 5.27. The zero-order chi connectivity index (χ0) is 40.7. The Bertz CT molecular complexity index is 3900. The zero-order valence-electron chi connectivity index (χ0n) is 34.1. The summed E-state index contributed by atoms with van der Waals surface area (Å²) in [6.45, 7) is 0. The third-order valence-electron chi connectivity index (χ3n) is 11.4. The van der Waals surface area contributed by atoms with Gasteiger partial charge in [0.25, 0.3) is 0 Å². The van der Waals surface area contributed by atoms with Crippen molar-refractivity contribution in [1.82, 2.24) is 33.3 Å². The first kappa shape index (κ1) is 26.8. The second-order valence-corrected chi connectivity index (χ2v) is 14.4. The molecule has 0 saturated carbocycles. The minimum atomic E-state index is -0.328. The summed E-state index contributed by atoms with van der Waals surface area (Å²) in [6, 6.07) is 45.7. The van der Waals surface area contributed by atoms with Crippen LogP contribution in [0.3, 0.4) is 0 Å². The van der Waals surface area contributed by atoms with Crippen LogP contribution < -0.4 is 0 Å². The summed E-state index contributed by atoms with van der Waals surface area (Å²) in [6.07, 6.45) is 3.74. The number of nitrogens with zero attached hydrogens (tertiary/aromatic N) is 7. The van der Waals surface area contributed by atoms with E-state index in [2.05, 4.69) is 70.0 Å². The lowest BCUT2D eigenvalue weighted by molar-refractivity contribution is 1.06. The fourth-order valence-electron chi connectivity index (χ4n) is 9.12. The number of pyridine rings is 1. The summed E-state index contributed by atoms with van der Waals surface area (Å²) in [4.78, 5) is 20.5. The average Bonchev–Trinajstić information content (AvgIpc) is 3.94. The number of hydrogen-bond acceptors (Lipinski definition) is 4. The number of aromatic nitrogens is 7. The van der Waals surface area contributed by atoms with Gasteiger partial charge in [0.15, 0.2) is 5.82 Å². The molecule has 0 aliphatic rings. The van der Waals surface area contributed by atoms with Crippen LogP contribution in [0.25, 0.3) is 116 Å². The van der Waals surface area contributed by atoms with Gasteiger partial charge in [-0.25, -0.2) is 0 Å². The molecule has 0 unspecified atom stereocenters. The summed E-state index contributed by atoms with van der Waals surface area (Å²) in [7, 11) is 0. The molecule has 0 radical (unpaired) electrons. The largest absolute Gasteiger partial charge is 0.309 e. The molecule has 0 N–H and O–H groups in total. The third-order valence-corrected chi connectivity index (χ3v) is 11.4. The second kappa shape index (κ2) is 11.3. The van der Waals surface area contributed by atoms with Crippen molar-refractivity contribution in [2.75, 3.05) is 0 Å². The second-order valence-electron chi connectivity index (χ2n) is 14.4.